The highest BCUT2D eigenvalue weighted by Gasteiger charge is 2.34. The first-order valence-electron chi connectivity index (χ1n) is 14.5. The second kappa shape index (κ2) is 14.2. The first-order chi connectivity index (χ1) is 18.9. The lowest BCUT2D eigenvalue weighted by Gasteiger charge is -2.40. The van der Waals surface area contributed by atoms with Crippen molar-refractivity contribution in [3.63, 3.8) is 0 Å². The Hall–Kier alpha value is -3.23. The summed E-state index contributed by atoms with van der Waals surface area (Å²) in [4.78, 5) is 47.4. The third-order valence-corrected chi connectivity index (χ3v) is 8.43. The number of aromatic nitrogens is 2. The number of amides is 3. The molecule has 3 N–H and O–H groups in total. The zero-order valence-electron chi connectivity index (χ0n) is 23.0. The van der Waals surface area contributed by atoms with Gasteiger partial charge in [-0.3, -0.25) is 9.59 Å². The number of carbonyl (C=O) groups excluding carboxylic acids is 3. The van der Waals surface area contributed by atoms with Gasteiger partial charge in [0.1, 0.15) is 17.6 Å². The summed E-state index contributed by atoms with van der Waals surface area (Å²) in [7, 11) is 0. The summed E-state index contributed by atoms with van der Waals surface area (Å²) in [6.07, 6.45) is 11.9. The van der Waals surface area contributed by atoms with Crippen LogP contribution in [-0.2, 0) is 22.4 Å². The van der Waals surface area contributed by atoms with Gasteiger partial charge < -0.3 is 20.5 Å². The fourth-order valence-electron chi connectivity index (χ4n) is 6.17. The quantitative estimate of drug-likeness (QED) is 0.393. The van der Waals surface area contributed by atoms with Crippen LogP contribution in [0.1, 0.15) is 69.5 Å². The number of likely N-dealkylation sites (tertiary alicyclic amines) is 1. The number of hydrogen-bond acceptors (Lipinski definition) is 4. The Labute approximate surface area is 230 Å². The molecule has 0 spiro atoms. The minimum absolute atomic E-state index is 0.102. The van der Waals surface area contributed by atoms with Crippen LogP contribution in [0.2, 0.25) is 0 Å². The molecule has 1 aromatic carbocycles. The van der Waals surface area contributed by atoms with Crippen molar-refractivity contribution in [2.45, 2.75) is 77.2 Å². The van der Waals surface area contributed by atoms with E-state index < -0.39 is 12.1 Å². The molecule has 1 saturated heterocycles. The van der Waals surface area contributed by atoms with Gasteiger partial charge >= 0.3 is 6.03 Å². The average molecular weight is 540 g/mol. The smallest absolute Gasteiger partial charge is 0.315 e. The van der Waals surface area contributed by atoms with E-state index in [0.29, 0.717) is 56.5 Å². The third kappa shape index (κ3) is 8.38. The highest BCUT2D eigenvalue weighted by atomic mass is 19.1. The average Bonchev–Trinajstić information content (AvgIpc) is 3.47. The van der Waals surface area contributed by atoms with Crippen molar-refractivity contribution in [2.24, 2.45) is 17.8 Å². The van der Waals surface area contributed by atoms with Gasteiger partial charge in [0.15, 0.2) is 0 Å². The fraction of sp³-hybridized carbons (Fsp3) is 0.600. The highest BCUT2D eigenvalue weighted by Crippen LogP contribution is 2.38. The van der Waals surface area contributed by atoms with Crippen molar-refractivity contribution in [3.8, 4) is 0 Å². The minimum atomic E-state index is -0.737. The molecule has 39 heavy (non-hydrogen) atoms. The summed E-state index contributed by atoms with van der Waals surface area (Å²) < 4.78 is 13.4. The van der Waals surface area contributed by atoms with Crippen LogP contribution in [0, 0.1) is 23.6 Å². The van der Waals surface area contributed by atoms with Crippen LogP contribution in [0.5, 0.6) is 0 Å². The minimum Gasteiger partial charge on any atom is -0.348 e. The Morgan fingerprint density at radius 1 is 1.05 bits per heavy atom. The number of ketones is 1. The molecule has 1 aliphatic heterocycles. The molecule has 2 heterocycles. The maximum atomic E-state index is 13.6. The van der Waals surface area contributed by atoms with Crippen LogP contribution < -0.4 is 10.6 Å². The third-order valence-electron chi connectivity index (χ3n) is 8.43. The van der Waals surface area contributed by atoms with Crippen molar-refractivity contribution in [1.29, 1.82) is 0 Å². The van der Waals surface area contributed by atoms with Gasteiger partial charge in [0.2, 0.25) is 5.91 Å². The summed E-state index contributed by atoms with van der Waals surface area (Å²) >= 11 is 0. The monoisotopic (exact) mass is 539 g/mol. The van der Waals surface area contributed by atoms with Crippen LogP contribution in [-0.4, -0.2) is 58.3 Å². The number of urea groups is 1. The number of H-pyrrole nitrogens is 1. The standard InChI is InChI=1S/C30H42FN5O3/c1-2-3-28(37)24-8-6-22(7-9-24)23-13-16-36(17-14-23)29(38)27(18-21-4-10-25(31)11-5-21)35-30(39)33-15-12-26-19-32-20-34-26/h4-5,10-11,19-20,22-24,27H,2-3,6-9,12-18H2,1H3,(H,32,34)(H2,33,35,39)/t22?,24?,27-/m1/s1. The molecule has 0 unspecified atom stereocenters. The highest BCUT2D eigenvalue weighted by molar-refractivity contribution is 5.87. The lowest BCUT2D eigenvalue weighted by Crippen LogP contribution is -2.54. The van der Waals surface area contributed by atoms with E-state index in [9.17, 15) is 18.8 Å². The van der Waals surface area contributed by atoms with Gasteiger partial charge in [0, 0.05) is 56.7 Å². The molecule has 2 aromatic rings. The topological polar surface area (TPSA) is 107 Å². The first-order valence-corrected chi connectivity index (χ1v) is 14.5. The maximum absolute atomic E-state index is 13.6. The maximum Gasteiger partial charge on any atom is 0.315 e. The molecule has 2 aliphatic rings. The first kappa shape index (κ1) is 28.8. The molecular weight excluding hydrogens is 497 g/mol. The predicted octanol–water partition coefficient (Wildman–Crippen LogP) is 4.42. The van der Waals surface area contributed by atoms with Crippen molar-refractivity contribution in [3.05, 3.63) is 53.9 Å². The zero-order chi connectivity index (χ0) is 27.6. The second-order valence-electron chi connectivity index (χ2n) is 11.1. The van der Waals surface area contributed by atoms with Crippen molar-refractivity contribution in [1.82, 2.24) is 25.5 Å². The molecule has 1 atom stereocenters. The van der Waals surface area contributed by atoms with Gasteiger partial charge in [-0.25, -0.2) is 14.2 Å². The predicted molar refractivity (Wildman–Crippen MR) is 147 cm³/mol. The summed E-state index contributed by atoms with van der Waals surface area (Å²) in [6.45, 7) is 3.80. The number of aromatic amines is 1. The number of nitrogens with one attached hydrogen (secondary N) is 3. The molecule has 2 fully saturated rings. The van der Waals surface area contributed by atoms with E-state index in [1.165, 1.54) is 12.1 Å². The molecule has 1 saturated carbocycles. The van der Waals surface area contributed by atoms with Gasteiger partial charge in [-0.1, -0.05) is 19.1 Å². The Kier molecular flexibility index (Phi) is 10.5. The van der Waals surface area contributed by atoms with Crippen LogP contribution >= 0.6 is 0 Å². The SMILES string of the molecule is CCCC(=O)C1CCC(C2CCN(C(=O)[C@@H](Cc3ccc(F)cc3)NC(=O)NCCc3cnc[nH]3)CC2)CC1. The van der Waals surface area contributed by atoms with Gasteiger partial charge in [-0.05, 0) is 74.5 Å². The van der Waals surface area contributed by atoms with Gasteiger partial charge in [-0.2, -0.15) is 0 Å². The molecular formula is C30H42FN5O3. The fourth-order valence-corrected chi connectivity index (χ4v) is 6.17. The Morgan fingerprint density at radius 3 is 2.38 bits per heavy atom. The number of imidazole rings is 1. The number of Topliss-reactive ketones (excluding diaryl/α,β-unsaturated/α-hetero) is 1. The van der Waals surface area contributed by atoms with E-state index in [1.807, 2.05) is 4.90 Å². The molecule has 212 valence electrons. The van der Waals surface area contributed by atoms with Crippen LogP contribution in [0.25, 0.3) is 0 Å². The number of rotatable bonds is 11. The van der Waals surface area contributed by atoms with E-state index in [1.54, 1.807) is 24.7 Å². The number of hydrogen-bond donors (Lipinski definition) is 3. The van der Waals surface area contributed by atoms with Crippen LogP contribution in [0.15, 0.2) is 36.8 Å². The van der Waals surface area contributed by atoms with E-state index in [4.69, 9.17) is 0 Å². The summed E-state index contributed by atoms with van der Waals surface area (Å²) in [5.41, 5.74) is 1.70. The number of piperidine rings is 1. The Balaban J connectivity index is 1.29. The number of nitrogens with zero attached hydrogens (tertiary/aromatic N) is 2. The molecule has 3 amide bonds. The van der Waals surface area contributed by atoms with Crippen molar-refractivity contribution >= 4 is 17.7 Å². The summed E-state index contributed by atoms with van der Waals surface area (Å²) in [6, 6.07) is 4.91. The normalized spacial score (nSPS) is 20.8. The molecule has 9 heteroatoms. The van der Waals surface area contributed by atoms with Gasteiger partial charge in [0.25, 0.3) is 0 Å². The van der Waals surface area contributed by atoms with Crippen molar-refractivity contribution in [2.75, 3.05) is 19.6 Å². The molecule has 8 nitrogen and oxygen atoms in total. The van der Waals surface area contributed by atoms with E-state index in [-0.39, 0.29) is 17.6 Å². The van der Waals surface area contributed by atoms with Gasteiger partial charge in [-0.15, -0.1) is 0 Å². The lowest BCUT2D eigenvalue weighted by molar-refractivity contribution is -0.135. The number of benzene rings is 1. The van der Waals surface area contributed by atoms with Crippen molar-refractivity contribution < 1.29 is 18.8 Å². The summed E-state index contributed by atoms with van der Waals surface area (Å²) in [5, 5.41) is 5.69. The van der Waals surface area contributed by atoms with E-state index >= 15 is 0 Å². The van der Waals surface area contributed by atoms with E-state index in [2.05, 4.69) is 27.5 Å². The molecule has 0 radical (unpaired) electrons. The largest absolute Gasteiger partial charge is 0.348 e. The van der Waals surface area contributed by atoms with Crippen LogP contribution in [0.4, 0.5) is 9.18 Å². The number of carbonyl (C=O) groups is 3. The Bertz CT molecular complexity index is 1060. The van der Waals surface area contributed by atoms with Crippen LogP contribution in [0.3, 0.4) is 0 Å². The summed E-state index contributed by atoms with van der Waals surface area (Å²) in [5.74, 6) is 1.44. The molecule has 1 aromatic heterocycles. The lowest BCUT2D eigenvalue weighted by atomic mass is 9.71. The van der Waals surface area contributed by atoms with Gasteiger partial charge in [0.05, 0.1) is 6.33 Å². The zero-order valence-corrected chi connectivity index (χ0v) is 23.0. The molecule has 1 aliphatic carbocycles. The molecule has 0 bridgehead atoms. The van der Waals surface area contributed by atoms with E-state index in [0.717, 1.165) is 56.2 Å². The number of halogens is 1. The Morgan fingerprint density at radius 2 is 1.74 bits per heavy atom. The second-order valence-corrected chi connectivity index (χ2v) is 11.1. The molecule has 4 rings (SSSR count).